The van der Waals surface area contributed by atoms with Crippen LogP contribution < -0.4 is 16.4 Å². The molecule has 1 fully saturated rings. The zero-order chi connectivity index (χ0) is 25.2. The van der Waals surface area contributed by atoms with Crippen LogP contribution in [0.4, 0.5) is 19.1 Å². The second-order valence-electron chi connectivity index (χ2n) is 8.61. The molecular weight excluding hydrogens is 485 g/mol. The monoisotopic (exact) mass is 510 g/mol. The molecule has 0 radical (unpaired) electrons. The number of unbranched alkanes of at least 4 members (excludes halogenated alkanes) is 1. The summed E-state index contributed by atoms with van der Waals surface area (Å²) in [4.78, 5) is 22.3. The van der Waals surface area contributed by atoms with Crippen molar-refractivity contribution in [2.45, 2.75) is 50.4 Å². The summed E-state index contributed by atoms with van der Waals surface area (Å²) in [5.74, 6) is -1.13. The van der Waals surface area contributed by atoms with Gasteiger partial charge in [-0.3, -0.25) is 0 Å². The van der Waals surface area contributed by atoms with E-state index < -0.39 is 17.7 Å². The van der Waals surface area contributed by atoms with E-state index in [1.807, 2.05) is 0 Å². The molecule has 0 aliphatic heterocycles. The summed E-state index contributed by atoms with van der Waals surface area (Å²) in [7, 11) is 0. The Morgan fingerprint density at radius 2 is 2.03 bits per heavy atom. The number of H-pyrrole nitrogens is 1. The Morgan fingerprint density at radius 1 is 1.26 bits per heavy atom. The van der Waals surface area contributed by atoms with Crippen LogP contribution in [-0.2, 0) is 6.18 Å². The number of fused-ring (bicyclic) bond motifs is 1. The fourth-order valence-electron chi connectivity index (χ4n) is 4.45. The average Bonchev–Trinajstić information content (AvgIpc) is 3.43. The Bertz CT molecular complexity index is 1220. The maximum absolute atomic E-state index is 13.8. The lowest BCUT2D eigenvalue weighted by molar-refractivity contribution is -0.137. The third-order valence-electron chi connectivity index (χ3n) is 6.20. The number of nitrogens with two attached hydrogens (primary N) is 1. The number of anilines is 1. The van der Waals surface area contributed by atoms with E-state index in [-0.39, 0.29) is 39.4 Å². The van der Waals surface area contributed by atoms with Crippen molar-refractivity contribution >= 4 is 34.4 Å². The second-order valence-corrected chi connectivity index (χ2v) is 8.99. The Kier molecular flexibility index (Phi) is 7.48. The molecule has 8 nitrogen and oxygen atoms in total. The molecule has 0 amide bonds. The minimum atomic E-state index is -4.69. The zero-order valence-corrected chi connectivity index (χ0v) is 19.5. The van der Waals surface area contributed by atoms with Crippen molar-refractivity contribution in [2.75, 3.05) is 18.4 Å². The van der Waals surface area contributed by atoms with Gasteiger partial charge in [-0.15, -0.1) is 0 Å². The molecule has 0 unspecified atom stereocenters. The van der Waals surface area contributed by atoms with Gasteiger partial charge in [0, 0.05) is 35.4 Å². The summed E-state index contributed by atoms with van der Waals surface area (Å²) in [6.07, 6.45) is 1.99. The Morgan fingerprint density at radius 3 is 2.74 bits per heavy atom. The van der Waals surface area contributed by atoms with Crippen LogP contribution in [0.15, 0.2) is 24.5 Å². The fraction of sp³-hybridized carbons (Fsp3) is 0.435. The molecule has 6 N–H and O–H groups in total. The topological polar surface area (TPSA) is 129 Å². The van der Waals surface area contributed by atoms with Gasteiger partial charge in [0.15, 0.2) is 0 Å². The number of carbonyl (C=O) groups is 1. The molecule has 0 saturated heterocycles. The molecule has 188 valence electrons. The average molecular weight is 511 g/mol. The van der Waals surface area contributed by atoms with E-state index in [0.717, 1.165) is 44.8 Å². The molecule has 2 atom stereocenters. The van der Waals surface area contributed by atoms with Crippen molar-refractivity contribution in [3.05, 3.63) is 40.7 Å². The lowest BCUT2D eigenvalue weighted by Gasteiger charge is -2.17. The van der Waals surface area contributed by atoms with Crippen LogP contribution in [0.1, 0.15) is 48.0 Å². The van der Waals surface area contributed by atoms with E-state index in [1.54, 1.807) is 0 Å². The zero-order valence-electron chi connectivity index (χ0n) is 18.8. The lowest BCUT2D eigenvalue weighted by Crippen LogP contribution is -2.29. The summed E-state index contributed by atoms with van der Waals surface area (Å²) in [5, 5.41) is 16.2. The first kappa shape index (κ1) is 25.2. The van der Waals surface area contributed by atoms with Gasteiger partial charge in [-0.05, 0) is 51.3 Å². The first-order valence-electron chi connectivity index (χ1n) is 11.4. The van der Waals surface area contributed by atoms with Crippen LogP contribution in [0.2, 0.25) is 5.02 Å². The smallest absolute Gasteiger partial charge is 0.419 e. The Labute approximate surface area is 204 Å². The fourth-order valence-corrected chi connectivity index (χ4v) is 4.75. The molecule has 12 heteroatoms. The molecule has 0 spiro atoms. The normalized spacial score (nSPS) is 18.3. The van der Waals surface area contributed by atoms with Gasteiger partial charge in [0.05, 0.1) is 21.8 Å². The molecule has 4 rings (SSSR count). The number of rotatable bonds is 9. The van der Waals surface area contributed by atoms with Crippen LogP contribution in [0.25, 0.3) is 22.2 Å². The van der Waals surface area contributed by atoms with Crippen LogP contribution in [0.3, 0.4) is 0 Å². The van der Waals surface area contributed by atoms with Gasteiger partial charge in [-0.25, -0.2) is 14.8 Å². The minimum absolute atomic E-state index is 0.0298. The first-order chi connectivity index (χ1) is 16.7. The third-order valence-corrected chi connectivity index (χ3v) is 6.60. The van der Waals surface area contributed by atoms with E-state index in [4.69, 9.17) is 17.3 Å². The number of aromatic amines is 1. The standard InChI is InChI=1S/C23H26ClF3N6O2/c24-18-15(21(34)35)6-5-14-16(10-30-20(14)18)19-17(23(25,26)27)11-31-22(33-19)32-13-4-3-12(9-13)29-8-2-1-7-28/h5-6,10-13,29-30H,1-4,7-9,28H2,(H,34,35)(H,31,32,33)/t12-,13-/m0/s1. The second kappa shape index (κ2) is 10.4. The number of aromatic nitrogens is 3. The Balaban J connectivity index is 1.61. The van der Waals surface area contributed by atoms with Crippen molar-refractivity contribution in [1.29, 1.82) is 0 Å². The van der Waals surface area contributed by atoms with Crippen molar-refractivity contribution in [2.24, 2.45) is 5.73 Å². The minimum Gasteiger partial charge on any atom is -0.478 e. The Hall–Kier alpha value is -2.89. The predicted molar refractivity (Wildman–Crippen MR) is 128 cm³/mol. The number of carboxylic acid groups (broad SMARTS) is 1. The molecule has 1 aromatic carbocycles. The number of nitrogens with zero attached hydrogens (tertiary/aromatic N) is 2. The number of nitrogens with one attached hydrogen (secondary N) is 3. The van der Waals surface area contributed by atoms with E-state index in [1.165, 1.54) is 18.3 Å². The third kappa shape index (κ3) is 5.52. The first-order valence-corrected chi connectivity index (χ1v) is 11.7. The molecular formula is C23H26ClF3N6O2. The number of halogens is 4. The highest BCUT2D eigenvalue weighted by molar-refractivity contribution is 6.38. The van der Waals surface area contributed by atoms with Crippen LogP contribution in [0.5, 0.6) is 0 Å². The van der Waals surface area contributed by atoms with Gasteiger partial charge in [-0.2, -0.15) is 13.2 Å². The van der Waals surface area contributed by atoms with Crippen LogP contribution >= 0.6 is 11.6 Å². The number of alkyl halides is 3. The largest absolute Gasteiger partial charge is 0.478 e. The van der Waals surface area contributed by atoms with Gasteiger partial charge >= 0.3 is 12.1 Å². The van der Waals surface area contributed by atoms with Gasteiger partial charge in [0.25, 0.3) is 0 Å². The highest BCUT2D eigenvalue weighted by atomic mass is 35.5. The molecule has 2 heterocycles. The molecule has 1 saturated carbocycles. The molecule has 35 heavy (non-hydrogen) atoms. The summed E-state index contributed by atoms with van der Waals surface area (Å²) in [6.45, 7) is 1.54. The highest BCUT2D eigenvalue weighted by Gasteiger charge is 2.36. The number of carboxylic acids is 1. The van der Waals surface area contributed by atoms with E-state index in [9.17, 15) is 23.1 Å². The molecule has 1 aliphatic rings. The number of benzene rings is 1. The SMILES string of the molecule is NCCCCN[C@H]1CC[C@H](Nc2ncc(C(F)(F)F)c(-c3c[nH]c4c(Cl)c(C(=O)O)ccc34)n2)C1. The quantitative estimate of drug-likeness (QED) is 0.265. The van der Waals surface area contributed by atoms with Gasteiger partial charge in [0.1, 0.15) is 5.56 Å². The van der Waals surface area contributed by atoms with Gasteiger partial charge < -0.3 is 26.5 Å². The maximum Gasteiger partial charge on any atom is 0.419 e. The summed E-state index contributed by atoms with van der Waals surface area (Å²) < 4.78 is 41.5. The maximum atomic E-state index is 13.8. The van der Waals surface area contributed by atoms with Crippen LogP contribution in [0, 0.1) is 0 Å². The molecule has 3 aromatic rings. The van der Waals surface area contributed by atoms with E-state index >= 15 is 0 Å². The van der Waals surface area contributed by atoms with Crippen LogP contribution in [-0.4, -0.2) is 51.2 Å². The van der Waals surface area contributed by atoms with Crippen molar-refractivity contribution in [1.82, 2.24) is 20.3 Å². The summed E-state index contributed by atoms with van der Waals surface area (Å²) in [6, 6.07) is 3.03. The van der Waals surface area contributed by atoms with E-state index in [2.05, 4.69) is 25.6 Å². The lowest BCUT2D eigenvalue weighted by atomic mass is 10.0. The number of hydrogen-bond acceptors (Lipinski definition) is 6. The number of aromatic carboxylic acids is 1. The predicted octanol–water partition coefficient (Wildman–Crippen LogP) is 4.66. The summed E-state index contributed by atoms with van der Waals surface area (Å²) >= 11 is 6.19. The molecule has 0 bridgehead atoms. The number of hydrogen-bond donors (Lipinski definition) is 5. The summed E-state index contributed by atoms with van der Waals surface area (Å²) in [5.41, 5.74) is 4.44. The molecule has 2 aromatic heterocycles. The van der Waals surface area contributed by atoms with Crippen molar-refractivity contribution in [3.8, 4) is 11.3 Å². The van der Waals surface area contributed by atoms with Gasteiger partial charge in [-0.1, -0.05) is 17.7 Å². The highest BCUT2D eigenvalue weighted by Crippen LogP contribution is 2.40. The molecule has 1 aliphatic carbocycles. The van der Waals surface area contributed by atoms with Crippen molar-refractivity contribution in [3.63, 3.8) is 0 Å². The van der Waals surface area contributed by atoms with Crippen molar-refractivity contribution < 1.29 is 23.1 Å². The van der Waals surface area contributed by atoms with E-state index in [0.29, 0.717) is 18.0 Å². The van der Waals surface area contributed by atoms with Gasteiger partial charge in [0.2, 0.25) is 5.95 Å².